The zero-order valence-corrected chi connectivity index (χ0v) is 16.8. The van der Waals surface area contributed by atoms with Crippen LogP contribution in [0.4, 0.5) is 0 Å². The standard InChI is InChI=1S/C22H20ClNO3S/c23-21-14-17(8-5-13-24(25)26)11-12-22(21)28-20-10-4-9-19(15-20)27-16-18-6-2-1-3-7-18/h1-4,6-7,9-12,14-15H,5,8,13,16H2. The number of ether oxygens (including phenoxy) is 1. The molecule has 0 heterocycles. The van der Waals surface area contributed by atoms with Crippen LogP contribution in [0.2, 0.25) is 5.02 Å². The number of hydrogen-bond acceptors (Lipinski definition) is 4. The predicted octanol–water partition coefficient (Wildman–Crippen LogP) is 6.28. The third-order valence-electron chi connectivity index (χ3n) is 4.08. The van der Waals surface area contributed by atoms with Crippen molar-refractivity contribution >= 4 is 23.4 Å². The van der Waals surface area contributed by atoms with Crippen LogP contribution < -0.4 is 4.74 Å². The Hall–Kier alpha value is -2.50. The van der Waals surface area contributed by atoms with Crippen molar-refractivity contribution in [1.82, 2.24) is 0 Å². The Morgan fingerprint density at radius 3 is 2.54 bits per heavy atom. The van der Waals surface area contributed by atoms with E-state index in [9.17, 15) is 10.1 Å². The van der Waals surface area contributed by atoms with Crippen molar-refractivity contribution < 1.29 is 9.66 Å². The van der Waals surface area contributed by atoms with Gasteiger partial charge in [-0.15, -0.1) is 0 Å². The van der Waals surface area contributed by atoms with E-state index < -0.39 is 0 Å². The number of nitrogens with zero attached hydrogens (tertiary/aromatic N) is 1. The Labute approximate surface area is 173 Å². The first-order valence-corrected chi connectivity index (χ1v) is 10.1. The molecule has 0 aliphatic heterocycles. The highest BCUT2D eigenvalue weighted by molar-refractivity contribution is 7.99. The van der Waals surface area contributed by atoms with Crippen LogP contribution in [-0.2, 0) is 13.0 Å². The second-order valence-corrected chi connectivity index (χ2v) is 7.80. The fourth-order valence-electron chi connectivity index (χ4n) is 2.69. The van der Waals surface area contributed by atoms with E-state index >= 15 is 0 Å². The van der Waals surface area contributed by atoms with Gasteiger partial charge in [0.2, 0.25) is 6.54 Å². The molecule has 0 radical (unpaired) electrons. The Bertz CT molecular complexity index is 934. The lowest BCUT2D eigenvalue weighted by molar-refractivity contribution is -0.480. The maximum absolute atomic E-state index is 10.4. The molecule has 3 aromatic carbocycles. The van der Waals surface area contributed by atoms with E-state index in [4.69, 9.17) is 16.3 Å². The van der Waals surface area contributed by atoms with E-state index in [1.807, 2.05) is 72.8 Å². The molecule has 4 nitrogen and oxygen atoms in total. The monoisotopic (exact) mass is 413 g/mol. The minimum Gasteiger partial charge on any atom is -0.489 e. The molecule has 0 saturated heterocycles. The van der Waals surface area contributed by atoms with Crippen LogP contribution in [0.25, 0.3) is 0 Å². The van der Waals surface area contributed by atoms with Crippen LogP contribution in [0.15, 0.2) is 82.6 Å². The van der Waals surface area contributed by atoms with Gasteiger partial charge in [0, 0.05) is 21.1 Å². The third kappa shape index (κ3) is 6.29. The average molecular weight is 414 g/mol. The maximum Gasteiger partial charge on any atom is 0.204 e. The number of nitro groups is 1. The number of benzene rings is 3. The van der Waals surface area contributed by atoms with E-state index in [0.717, 1.165) is 26.7 Å². The van der Waals surface area contributed by atoms with Gasteiger partial charge in [-0.2, -0.15) is 0 Å². The van der Waals surface area contributed by atoms with E-state index in [-0.39, 0.29) is 11.5 Å². The number of halogens is 1. The Balaban J connectivity index is 1.61. The molecule has 28 heavy (non-hydrogen) atoms. The Morgan fingerprint density at radius 2 is 1.79 bits per heavy atom. The molecule has 0 saturated carbocycles. The second-order valence-electron chi connectivity index (χ2n) is 6.28. The SMILES string of the molecule is O=[N+]([O-])CCCc1ccc(Sc2cccc(OCc3ccccc3)c2)c(Cl)c1. The van der Waals surface area contributed by atoms with E-state index in [0.29, 0.717) is 24.5 Å². The second kappa shape index (κ2) is 10.2. The number of hydrogen-bond donors (Lipinski definition) is 0. The zero-order chi connectivity index (χ0) is 19.8. The summed E-state index contributed by atoms with van der Waals surface area (Å²) < 4.78 is 5.88. The van der Waals surface area contributed by atoms with Crippen molar-refractivity contribution in [3.63, 3.8) is 0 Å². The Kier molecular flexibility index (Phi) is 7.34. The minimum atomic E-state index is -0.293. The van der Waals surface area contributed by atoms with Gasteiger partial charge in [-0.25, -0.2) is 0 Å². The van der Waals surface area contributed by atoms with Crippen molar-refractivity contribution in [2.24, 2.45) is 0 Å². The summed E-state index contributed by atoms with van der Waals surface area (Å²) in [4.78, 5) is 12.1. The van der Waals surface area contributed by atoms with Crippen LogP contribution >= 0.6 is 23.4 Å². The van der Waals surface area contributed by atoms with Gasteiger partial charge in [-0.1, -0.05) is 65.8 Å². The third-order valence-corrected chi connectivity index (χ3v) is 5.57. The minimum absolute atomic E-state index is 0.0239. The summed E-state index contributed by atoms with van der Waals surface area (Å²) in [5.74, 6) is 0.807. The number of aryl methyl sites for hydroxylation is 1. The number of rotatable bonds is 9. The highest BCUT2D eigenvalue weighted by Crippen LogP contribution is 2.35. The Morgan fingerprint density at radius 1 is 0.964 bits per heavy atom. The lowest BCUT2D eigenvalue weighted by Crippen LogP contribution is -2.01. The van der Waals surface area contributed by atoms with Crippen LogP contribution in [0.3, 0.4) is 0 Å². The van der Waals surface area contributed by atoms with Gasteiger partial charge in [0.1, 0.15) is 12.4 Å². The van der Waals surface area contributed by atoms with E-state index in [1.54, 1.807) is 11.8 Å². The molecule has 144 valence electrons. The molecular weight excluding hydrogens is 394 g/mol. The van der Waals surface area contributed by atoms with Gasteiger partial charge in [0.25, 0.3) is 0 Å². The van der Waals surface area contributed by atoms with Crippen molar-refractivity contribution in [3.8, 4) is 5.75 Å². The highest BCUT2D eigenvalue weighted by atomic mass is 35.5. The molecule has 0 N–H and O–H groups in total. The molecule has 6 heteroatoms. The first-order valence-electron chi connectivity index (χ1n) is 8.95. The smallest absolute Gasteiger partial charge is 0.204 e. The lowest BCUT2D eigenvalue weighted by atomic mass is 10.1. The van der Waals surface area contributed by atoms with Crippen LogP contribution in [-0.4, -0.2) is 11.5 Å². The highest BCUT2D eigenvalue weighted by Gasteiger charge is 2.07. The van der Waals surface area contributed by atoms with Gasteiger partial charge >= 0.3 is 0 Å². The summed E-state index contributed by atoms with van der Waals surface area (Å²) in [7, 11) is 0. The summed E-state index contributed by atoms with van der Waals surface area (Å²) in [6.45, 7) is 0.498. The summed E-state index contributed by atoms with van der Waals surface area (Å²) in [6, 6.07) is 23.8. The van der Waals surface area contributed by atoms with Gasteiger partial charge in [0.15, 0.2) is 0 Å². The van der Waals surface area contributed by atoms with Crippen molar-refractivity contribution in [1.29, 1.82) is 0 Å². The fraction of sp³-hybridized carbons (Fsp3) is 0.182. The molecule has 3 aromatic rings. The van der Waals surface area contributed by atoms with Crippen LogP contribution in [0.5, 0.6) is 5.75 Å². The first-order chi connectivity index (χ1) is 13.6. The van der Waals surface area contributed by atoms with Crippen molar-refractivity contribution in [2.75, 3.05) is 6.54 Å². The fourth-order valence-corrected chi connectivity index (χ4v) is 3.88. The molecule has 0 unspecified atom stereocenters. The van der Waals surface area contributed by atoms with Gasteiger partial charge < -0.3 is 4.74 Å². The topological polar surface area (TPSA) is 52.4 Å². The summed E-state index contributed by atoms with van der Waals surface area (Å²) in [6.07, 6.45) is 1.16. The maximum atomic E-state index is 10.4. The molecule has 0 bridgehead atoms. The lowest BCUT2D eigenvalue weighted by Gasteiger charge is -2.10. The molecule has 0 aromatic heterocycles. The van der Waals surface area contributed by atoms with Crippen LogP contribution in [0, 0.1) is 10.1 Å². The molecule has 0 spiro atoms. The van der Waals surface area contributed by atoms with Crippen molar-refractivity contribution in [2.45, 2.75) is 29.2 Å². The van der Waals surface area contributed by atoms with Gasteiger partial charge in [0.05, 0.1) is 5.02 Å². The molecule has 0 fully saturated rings. The molecule has 3 rings (SSSR count). The molecule has 0 aliphatic rings. The van der Waals surface area contributed by atoms with Crippen molar-refractivity contribution in [3.05, 3.63) is 99.1 Å². The molecule has 0 atom stereocenters. The van der Waals surface area contributed by atoms with Crippen LogP contribution in [0.1, 0.15) is 17.5 Å². The molecular formula is C22H20ClNO3S. The van der Waals surface area contributed by atoms with E-state index in [1.165, 1.54) is 0 Å². The zero-order valence-electron chi connectivity index (χ0n) is 15.2. The van der Waals surface area contributed by atoms with E-state index in [2.05, 4.69) is 0 Å². The van der Waals surface area contributed by atoms with Gasteiger partial charge in [-0.05, 0) is 47.9 Å². The summed E-state index contributed by atoms with van der Waals surface area (Å²) in [5, 5.41) is 11.1. The summed E-state index contributed by atoms with van der Waals surface area (Å²) >= 11 is 7.98. The van der Waals surface area contributed by atoms with Gasteiger partial charge in [-0.3, -0.25) is 10.1 Å². The average Bonchev–Trinajstić information content (AvgIpc) is 2.69. The quantitative estimate of drug-likeness (QED) is 0.306. The molecule has 0 amide bonds. The molecule has 0 aliphatic carbocycles. The normalized spacial score (nSPS) is 10.6. The first kappa shape index (κ1) is 20.2. The largest absolute Gasteiger partial charge is 0.489 e. The summed E-state index contributed by atoms with van der Waals surface area (Å²) in [5.41, 5.74) is 2.13. The predicted molar refractivity (Wildman–Crippen MR) is 113 cm³/mol.